The monoisotopic (exact) mass is 547 g/mol. The molecule has 0 heterocycles. The predicted octanol–water partition coefficient (Wildman–Crippen LogP) is 5.37. The summed E-state index contributed by atoms with van der Waals surface area (Å²) >= 11 is 0. The predicted molar refractivity (Wildman–Crippen MR) is 151 cm³/mol. The summed E-state index contributed by atoms with van der Waals surface area (Å²) in [5.41, 5.74) is 4.11. The minimum atomic E-state index is -0.673. The maximum absolute atomic E-state index is 14.4. The normalized spacial score (nSPS) is 45.3. The van der Waals surface area contributed by atoms with E-state index in [1.165, 1.54) is 0 Å². The highest BCUT2D eigenvalue weighted by Crippen LogP contribution is 2.74. The quantitative estimate of drug-likeness (QED) is 0.362. The summed E-state index contributed by atoms with van der Waals surface area (Å²) in [4.78, 5) is 50.9. The molecule has 0 radical (unpaired) electrons. The molecule has 0 saturated heterocycles. The zero-order valence-corrected chi connectivity index (χ0v) is 25.2. The number of hydrogen-bond donors (Lipinski definition) is 2. The van der Waals surface area contributed by atoms with E-state index >= 15 is 0 Å². The minimum Gasteiger partial charge on any atom is -0.295 e. The van der Waals surface area contributed by atoms with Gasteiger partial charge in [-0.2, -0.15) is 5.26 Å². The number of hydrazine groups is 1. The number of carbonyl (C=O) groups excluding carboxylic acids is 4. The van der Waals surface area contributed by atoms with Crippen molar-refractivity contribution < 1.29 is 19.2 Å². The van der Waals surface area contributed by atoms with Crippen LogP contribution in [-0.2, 0) is 19.2 Å². The number of nitriles is 1. The van der Waals surface area contributed by atoms with Crippen molar-refractivity contribution in [2.24, 2.45) is 50.2 Å². The van der Waals surface area contributed by atoms with Gasteiger partial charge in [-0.3, -0.25) is 30.0 Å². The molecule has 0 aromatic heterocycles. The molecule has 3 fully saturated rings. The van der Waals surface area contributed by atoms with Crippen LogP contribution in [0.25, 0.3) is 0 Å². The van der Waals surface area contributed by atoms with E-state index in [0.29, 0.717) is 12.8 Å². The van der Waals surface area contributed by atoms with Gasteiger partial charge in [0.15, 0.2) is 11.6 Å². The summed E-state index contributed by atoms with van der Waals surface area (Å²) in [6.45, 7) is 15.2. The molecule has 216 valence electrons. The Kier molecular flexibility index (Phi) is 6.38. The van der Waals surface area contributed by atoms with Crippen LogP contribution in [0, 0.1) is 61.6 Å². The topological polar surface area (TPSA) is 116 Å². The lowest BCUT2D eigenvalue weighted by atomic mass is 9.34. The molecule has 7 nitrogen and oxygen atoms in total. The Morgan fingerprint density at radius 3 is 2.38 bits per heavy atom. The first-order chi connectivity index (χ1) is 18.5. The van der Waals surface area contributed by atoms with Gasteiger partial charge in [0.25, 0.3) is 0 Å². The van der Waals surface area contributed by atoms with Gasteiger partial charge in [0, 0.05) is 23.2 Å². The van der Waals surface area contributed by atoms with Gasteiger partial charge in [0.05, 0.1) is 5.57 Å². The standard InChI is InChI=1S/C33H45N3O4/c1-28(2)23-8-9-32(6)24(31(23,5)15-20(18-34)27(28)40)14-22(38)26-21-16-29(3,17-25(39)36-35-19-37)10-11-30(21,4)12-13-33(26,32)7/h14-15,19,21,23,26H,8-13,16-17H2,1-7H3,(H,35,37)(H,36,39)/t21?,23-,26?,29-,30+,31-,32+,33+/m0/s1. The number of ketones is 2. The van der Waals surface area contributed by atoms with Gasteiger partial charge >= 0.3 is 0 Å². The van der Waals surface area contributed by atoms with Crippen molar-refractivity contribution in [3.05, 3.63) is 23.3 Å². The van der Waals surface area contributed by atoms with E-state index in [4.69, 9.17) is 0 Å². The SMILES string of the molecule is CC1(C)C(=O)C(C#N)=C[C@]2(C)C3=CC(=O)C4C5C[C@@](C)(CC(=O)NNC=O)CC[C@]5(C)CC[C@@]4(C)[C@]3(C)CC[C@@H]12. The Labute approximate surface area is 238 Å². The molecule has 5 aliphatic rings. The molecule has 2 amide bonds. The Hall–Kier alpha value is -2.75. The van der Waals surface area contributed by atoms with Gasteiger partial charge in [0.2, 0.25) is 12.3 Å². The number of Topliss-reactive ketones (excluding diaryl/α,β-unsaturated/α-hetero) is 1. The van der Waals surface area contributed by atoms with Crippen LogP contribution >= 0.6 is 0 Å². The van der Waals surface area contributed by atoms with Crippen molar-refractivity contribution in [3.63, 3.8) is 0 Å². The number of amides is 2. The fraction of sp³-hybridized carbons (Fsp3) is 0.727. The van der Waals surface area contributed by atoms with E-state index in [1.807, 2.05) is 26.0 Å². The van der Waals surface area contributed by atoms with Crippen LogP contribution in [0.15, 0.2) is 23.3 Å². The van der Waals surface area contributed by atoms with Gasteiger partial charge in [-0.25, -0.2) is 0 Å². The molecule has 0 aromatic carbocycles. The number of carbonyl (C=O) groups is 4. The van der Waals surface area contributed by atoms with Crippen LogP contribution < -0.4 is 10.9 Å². The summed E-state index contributed by atoms with van der Waals surface area (Å²) in [6, 6.07) is 2.18. The first-order valence-corrected chi connectivity index (χ1v) is 14.9. The molecule has 40 heavy (non-hydrogen) atoms. The zero-order chi connectivity index (χ0) is 29.5. The van der Waals surface area contributed by atoms with Crippen LogP contribution in [0.4, 0.5) is 0 Å². The molecule has 0 spiro atoms. The summed E-state index contributed by atoms with van der Waals surface area (Å²) in [5.74, 6) is -0.0857. The third kappa shape index (κ3) is 3.73. The van der Waals surface area contributed by atoms with Gasteiger partial charge in [-0.15, -0.1) is 0 Å². The van der Waals surface area contributed by atoms with Crippen molar-refractivity contribution in [1.29, 1.82) is 5.26 Å². The number of nitrogens with zero attached hydrogens (tertiary/aromatic N) is 1. The number of fused-ring (bicyclic) bond motifs is 7. The average Bonchev–Trinajstić information content (AvgIpc) is 2.87. The Balaban J connectivity index is 1.58. The highest BCUT2D eigenvalue weighted by atomic mass is 16.2. The maximum Gasteiger partial charge on any atom is 0.238 e. The first kappa shape index (κ1) is 28.8. The lowest BCUT2D eigenvalue weighted by Crippen LogP contribution is -2.64. The molecule has 0 bridgehead atoms. The Morgan fingerprint density at radius 1 is 1.05 bits per heavy atom. The maximum atomic E-state index is 14.4. The molecule has 2 N–H and O–H groups in total. The smallest absolute Gasteiger partial charge is 0.238 e. The number of nitrogens with one attached hydrogen (secondary N) is 2. The van der Waals surface area contributed by atoms with E-state index in [0.717, 1.165) is 50.5 Å². The molecule has 2 unspecified atom stereocenters. The van der Waals surface area contributed by atoms with E-state index < -0.39 is 10.8 Å². The molecular weight excluding hydrogens is 502 g/mol. The molecule has 0 aliphatic heterocycles. The van der Waals surface area contributed by atoms with E-state index in [1.54, 1.807) is 0 Å². The third-order valence-corrected chi connectivity index (χ3v) is 13.0. The lowest BCUT2D eigenvalue weighted by molar-refractivity contribution is -0.170. The second-order valence-electron chi connectivity index (χ2n) is 15.5. The van der Waals surface area contributed by atoms with Gasteiger partial charge in [-0.05, 0) is 84.5 Å². The molecule has 7 heteroatoms. The van der Waals surface area contributed by atoms with Crippen molar-refractivity contribution in [3.8, 4) is 6.07 Å². The highest BCUT2D eigenvalue weighted by Gasteiger charge is 2.69. The summed E-state index contributed by atoms with van der Waals surface area (Å²) in [7, 11) is 0. The number of rotatable bonds is 4. The number of allylic oxidation sites excluding steroid dienone is 4. The fourth-order valence-corrected chi connectivity index (χ4v) is 10.5. The van der Waals surface area contributed by atoms with Crippen molar-refractivity contribution in [1.82, 2.24) is 10.9 Å². The summed E-state index contributed by atoms with van der Waals surface area (Å²) in [5, 5.41) is 9.89. The summed E-state index contributed by atoms with van der Waals surface area (Å²) in [6.07, 6.45) is 11.0. The first-order valence-electron chi connectivity index (χ1n) is 14.9. The second-order valence-corrected chi connectivity index (χ2v) is 15.5. The van der Waals surface area contributed by atoms with Gasteiger partial charge in [-0.1, -0.05) is 60.1 Å². The van der Waals surface area contributed by atoms with E-state index in [2.05, 4.69) is 51.5 Å². The largest absolute Gasteiger partial charge is 0.295 e. The number of hydrogen-bond acceptors (Lipinski definition) is 5. The molecule has 3 saturated carbocycles. The van der Waals surface area contributed by atoms with E-state index in [-0.39, 0.29) is 62.5 Å². The summed E-state index contributed by atoms with van der Waals surface area (Å²) < 4.78 is 0. The third-order valence-electron chi connectivity index (χ3n) is 13.0. The van der Waals surface area contributed by atoms with Crippen LogP contribution in [0.3, 0.4) is 0 Å². The lowest BCUT2D eigenvalue weighted by Gasteiger charge is -2.69. The zero-order valence-electron chi connectivity index (χ0n) is 25.2. The van der Waals surface area contributed by atoms with Crippen LogP contribution in [0.2, 0.25) is 0 Å². The Bertz CT molecular complexity index is 1290. The van der Waals surface area contributed by atoms with Crippen LogP contribution in [0.5, 0.6) is 0 Å². The van der Waals surface area contributed by atoms with Crippen LogP contribution in [0.1, 0.15) is 99.8 Å². The van der Waals surface area contributed by atoms with Crippen molar-refractivity contribution in [2.45, 2.75) is 99.8 Å². The molecular formula is C33H45N3O4. The Morgan fingerprint density at radius 2 is 1.73 bits per heavy atom. The second kappa shape index (κ2) is 8.87. The van der Waals surface area contributed by atoms with Gasteiger partial charge in [0.1, 0.15) is 6.07 Å². The highest BCUT2D eigenvalue weighted by molar-refractivity contribution is 6.04. The van der Waals surface area contributed by atoms with E-state index in [9.17, 15) is 24.4 Å². The van der Waals surface area contributed by atoms with Crippen LogP contribution in [-0.4, -0.2) is 23.9 Å². The minimum absolute atomic E-state index is 0.0298. The fourth-order valence-electron chi connectivity index (χ4n) is 10.5. The molecule has 5 aliphatic carbocycles. The average molecular weight is 548 g/mol. The molecule has 0 aromatic rings. The molecule has 8 atom stereocenters. The van der Waals surface area contributed by atoms with Crippen molar-refractivity contribution >= 4 is 23.9 Å². The van der Waals surface area contributed by atoms with Gasteiger partial charge < -0.3 is 0 Å². The molecule has 5 rings (SSSR count). The van der Waals surface area contributed by atoms with Crippen molar-refractivity contribution in [2.75, 3.05) is 0 Å².